The fourth-order valence-corrected chi connectivity index (χ4v) is 2.42. The van der Waals surface area contributed by atoms with Crippen LogP contribution >= 0.6 is 0 Å². The molecule has 0 bridgehead atoms. The first kappa shape index (κ1) is 19.3. The van der Waals surface area contributed by atoms with Crippen LogP contribution < -0.4 is 21.1 Å². The molecule has 0 radical (unpaired) electrons. The molecule has 0 aliphatic rings. The van der Waals surface area contributed by atoms with Crippen molar-refractivity contribution in [2.45, 2.75) is 33.4 Å². The zero-order chi connectivity index (χ0) is 19.3. The summed E-state index contributed by atoms with van der Waals surface area (Å²) in [5, 5.41) is 5.70. The Kier molecular flexibility index (Phi) is 5.86. The Morgan fingerprint density at radius 3 is 2.62 bits per heavy atom. The third-order valence-electron chi connectivity index (χ3n) is 4.04. The fourth-order valence-electron chi connectivity index (χ4n) is 2.42. The molecule has 0 saturated heterocycles. The Labute approximate surface area is 152 Å². The number of ether oxygens (including phenoxy) is 1. The monoisotopic (exact) mass is 359 g/mol. The third kappa shape index (κ3) is 4.98. The van der Waals surface area contributed by atoms with Crippen molar-refractivity contribution in [2.75, 3.05) is 12.4 Å². The molecule has 0 aliphatic heterocycles. The maximum absolute atomic E-state index is 12.5. The van der Waals surface area contributed by atoms with Gasteiger partial charge >= 0.3 is 6.03 Å². The number of carbonyl (C=O) groups excluding carboxylic acids is 2. The number of primary amides is 1. The fraction of sp³-hybridized carbons (Fsp3) is 0.389. The summed E-state index contributed by atoms with van der Waals surface area (Å²) in [6, 6.07) is 4.07. The van der Waals surface area contributed by atoms with Crippen molar-refractivity contribution >= 4 is 17.6 Å². The molecule has 140 valence electrons. The highest BCUT2D eigenvalue weighted by molar-refractivity contribution is 5.97. The molecule has 3 amide bonds. The Balaban J connectivity index is 2.15. The van der Waals surface area contributed by atoms with Crippen molar-refractivity contribution in [3.63, 3.8) is 0 Å². The minimum Gasteiger partial charge on any atom is -0.495 e. The summed E-state index contributed by atoms with van der Waals surface area (Å²) in [6.45, 7) is 6.71. The van der Waals surface area contributed by atoms with Crippen LogP contribution in [0.3, 0.4) is 0 Å². The number of nitrogens with zero attached hydrogens (tertiary/aromatic N) is 2. The van der Waals surface area contributed by atoms with Crippen LogP contribution in [0, 0.1) is 5.41 Å². The van der Waals surface area contributed by atoms with Gasteiger partial charge in [-0.3, -0.25) is 4.79 Å². The van der Waals surface area contributed by atoms with Gasteiger partial charge in [-0.1, -0.05) is 20.8 Å². The minimum atomic E-state index is -0.580. The number of benzene rings is 1. The van der Waals surface area contributed by atoms with Gasteiger partial charge in [0.1, 0.15) is 5.75 Å². The molecular formula is C18H25N5O3. The summed E-state index contributed by atoms with van der Waals surface area (Å²) >= 11 is 0. The van der Waals surface area contributed by atoms with Crippen molar-refractivity contribution in [3.8, 4) is 5.75 Å². The molecule has 0 unspecified atom stereocenters. The number of hydrogen-bond acceptors (Lipinski definition) is 4. The predicted octanol–water partition coefficient (Wildman–Crippen LogP) is 2.23. The highest BCUT2D eigenvalue weighted by Gasteiger charge is 2.27. The Bertz CT molecular complexity index is 766. The van der Waals surface area contributed by atoms with Gasteiger partial charge in [0, 0.05) is 24.5 Å². The summed E-state index contributed by atoms with van der Waals surface area (Å²) in [6.07, 6.45) is 5.25. The van der Waals surface area contributed by atoms with Gasteiger partial charge < -0.3 is 25.7 Å². The van der Waals surface area contributed by atoms with Crippen LogP contribution in [-0.2, 0) is 6.54 Å². The van der Waals surface area contributed by atoms with Gasteiger partial charge in [0.15, 0.2) is 0 Å². The van der Waals surface area contributed by atoms with E-state index >= 15 is 0 Å². The van der Waals surface area contributed by atoms with Crippen LogP contribution in [0.4, 0.5) is 10.5 Å². The van der Waals surface area contributed by atoms with Gasteiger partial charge in [0.2, 0.25) is 5.91 Å². The molecule has 1 aromatic heterocycles. The molecule has 8 heteroatoms. The van der Waals surface area contributed by atoms with E-state index in [0.29, 0.717) is 18.0 Å². The molecular weight excluding hydrogens is 334 g/mol. The lowest BCUT2D eigenvalue weighted by Crippen LogP contribution is -2.47. The van der Waals surface area contributed by atoms with E-state index in [1.807, 2.05) is 31.5 Å². The molecule has 0 aliphatic carbocycles. The van der Waals surface area contributed by atoms with E-state index in [4.69, 9.17) is 10.5 Å². The lowest BCUT2D eigenvalue weighted by Gasteiger charge is -2.31. The minimum absolute atomic E-state index is 0.151. The van der Waals surface area contributed by atoms with E-state index in [2.05, 4.69) is 15.6 Å². The maximum atomic E-state index is 12.5. The predicted molar refractivity (Wildman–Crippen MR) is 99.1 cm³/mol. The SMILES string of the molecule is COc1ccc(C(N)=O)cc1NC(=O)N[C@@H](Cn1ccnc1)C(C)(C)C. The Hall–Kier alpha value is -3.03. The van der Waals surface area contributed by atoms with Crippen molar-refractivity contribution in [1.82, 2.24) is 14.9 Å². The summed E-state index contributed by atoms with van der Waals surface area (Å²) in [7, 11) is 1.49. The zero-order valence-corrected chi connectivity index (χ0v) is 15.4. The van der Waals surface area contributed by atoms with Gasteiger partial charge in [-0.25, -0.2) is 9.78 Å². The summed E-state index contributed by atoms with van der Waals surface area (Å²) in [5.41, 5.74) is 5.78. The largest absolute Gasteiger partial charge is 0.495 e. The van der Waals surface area contributed by atoms with Gasteiger partial charge in [0.05, 0.1) is 25.2 Å². The van der Waals surface area contributed by atoms with Gasteiger partial charge in [0.25, 0.3) is 0 Å². The number of imidazole rings is 1. The molecule has 0 saturated carbocycles. The van der Waals surface area contributed by atoms with Crippen LogP contribution in [-0.4, -0.2) is 34.6 Å². The van der Waals surface area contributed by atoms with E-state index in [1.165, 1.54) is 13.2 Å². The molecule has 1 atom stereocenters. The number of urea groups is 1. The van der Waals surface area contributed by atoms with Gasteiger partial charge in [-0.15, -0.1) is 0 Å². The average molecular weight is 359 g/mol. The lowest BCUT2D eigenvalue weighted by atomic mass is 9.86. The zero-order valence-electron chi connectivity index (χ0n) is 15.4. The van der Waals surface area contributed by atoms with Crippen molar-refractivity contribution in [1.29, 1.82) is 0 Å². The second kappa shape index (κ2) is 7.90. The van der Waals surface area contributed by atoms with Crippen LogP contribution in [0.1, 0.15) is 31.1 Å². The van der Waals surface area contributed by atoms with Crippen LogP contribution in [0.2, 0.25) is 0 Å². The normalized spacial score (nSPS) is 12.3. The quantitative estimate of drug-likeness (QED) is 0.734. The first-order chi connectivity index (χ1) is 12.2. The standard InChI is InChI=1S/C18H25N5O3/c1-18(2,3)15(10-23-8-7-20-11-23)22-17(25)21-13-9-12(16(19)24)5-6-14(13)26-4/h5-9,11,15H,10H2,1-4H3,(H2,19,24)(H2,21,22,25)/t15-/m0/s1. The second-order valence-electron chi connectivity index (χ2n) is 7.06. The number of aromatic nitrogens is 2. The van der Waals surface area contributed by atoms with E-state index in [9.17, 15) is 9.59 Å². The van der Waals surface area contributed by atoms with E-state index in [-0.39, 0.29) is 17.0 Å². The van der Waals surface area contributed by atoms with E-state index in [0.717, 1.165) is 0 Å². The smallest absolute Gasteiger partial charge is 0.319 e. The first-order valence-corrected chi connectivity index (χ1v) is 8.22. The third-order valence-corrected chi connectivity index (χ3v) is 4.04. The molecule has 8 nitrogen and oxygen atoms in total. The summed E-state index contributed by atoms with van der Waals surface area (Å²) < 4.78 is 7.14. The summed E-state index contributed by atoms with van der Waals surface area (Å²) in [4.78, 5) is 27.9. The number of hydrogen-bond donors (Lipinski definition) is 3. The lowest BCUT2D eigenvalue weighted by molar-refractivity contribution is 0.1000. The molecule has 1 heterocycles. The Morgan fingerprint density at radius 1 is 1.35 bits per heavy atom. The van der Waals surface area contributed by atoms with Crippen molar-refractivity contribution < 1.29 is 14.3 Å². The number of anilines is 1. The number of amides is 3. The highest BCUT2D eigenvalue weighted by Crippen LogP contribution is 2.26. The van der Waals surface area contributed by atoms with Crippen molar-refractivity contribution in [3.05, 3.63) is 42.5 Å². The highest BCUT2D eigenvalue weighted by atomic mass is 16.5. The topological polar surface area (TPSA) is 111 Å². The molecule has 0 fully saturated rings. The van der Waals surface area contributed by atoms with Crippen LogP contribution in [0.25, 0.3) is 0 Å². The Morgan fingerprint density at radius 2 is 2.08 bits per heavy atom. The van der Waals surface area contributed by atoms with Crippen molar-refractivity contribution in [2.24, 2.45) is 11.1 Å². The number of rotatable bonds is 6. The molecule has 2 aromatic rings. The molecule has 26 heavy (non-hydrogen) atoms. The number of nitrogens with two attached hydrogens (primary N) is 1. The first-order valence-electron chi connectivity index (χ1n) is 8.22. The van der Waals surface area contributed by atoms with Gasteiger partial charge in [-0.05, 0) is 23.6 Å². The molecule has 2 rings (SSSR count). The second-order valence-corrected chi connectivity index (χ2v) is 7.06. The van der Waals surface area contributed by atoms with E-state index < -0.39 is 11.9 Å². The summed E-state index contributed by atoms with van der Waals surface area (Å²) in [5.74, 6) is -0.143. The number of methoxy groups -OCH3 is 1. The van der Waals surface area contributed by atoms with E-state index in [1.54, 1.807) is 24.7 Å². The molecule has 4 N–H and O–H groups in total. The molecule has 1 aromatic carbocycles. The maximum Gasteiger partial charge on any atom is 0.319 e. The van der Waals surface area contributed by atoms with Crippen LogP contribution in [0.5, 0.6) is 5.75 Å². The average Bonchev–Trinajstić information content (AvgIpc) is 3.06. The molecule has 0 spiro atoms. The number of carbonyl (C=O) groups is 2. The van der Waals surface area contributed by atoms with Gasteiger partial charge in [-0.2, -0.15) is 0 Å². The van der Waals surface area contributed by atoms with Crippen LogP contribution in [0.15, 0.2) is 36.9 Å². The number of nitrogens with one attached hydrogen (secondary N) is 2.